The molecule has 2 aliphatic carbocycles. The summed E-state index contributed by atoms with van der Waals surface area (Å²) in [6, 6.07) is 0.175. The van der Waals surface area contributed by atoms with Gasteiger partial charge in [0, 0.05) is 18.7 Å². The predicted octanol–water partition coefficient (Wildman–Crippen LogP) is 4.27. The molecule has 0 aromatic carbocycles. The summed E-state index contributed by atoms with van der Waals surface area (Å²) >= 11 is 0. The van der Waals surface area contributed by atoms with Gasteiger partial charge in [0.15, 0.2) is 0 Å². The molecule has 2 rings (SSSR count). The molecule has 2 aliphatic rings. The lowest BCUT2D eigenvalue weighted by molar-refractivity contribution is 0.0716. The summed E-state index contributed by atoms with van der Waals surface area (Å²) in [4.78, 5) is 4.57. The van der Waals surface area contributed by atoms with Crippen molar-refractivity contribution in [2.45, 2.75) is 63.8 Å². The molecule has 0 heterocycles. The van der Waals surface area contributed by atoms with Crippen LogP contribution in [0.15, 0.2) is 29.3 Å². The number of aliphatic imine (C=N–C) groups is 1. The molecule has 0 aromatic heterocycles. The van der Waals surface area contributed by atoms with Crippen LogP contribution >= 0.6 is 0 Å². The van der Waals surface area contributed by atoms with E-state index >= 15 is 0 Å². The van der Waals surface area contributed by atoms with Crippen molar-refractivity contribution in [3.05, 3.63) is 24.3 Å². The Hall–Kier alpha value is -0.960. The number of hydrogen-bond acceptors (Lipinski definition) is 2. The van der Waals surface area contributed by atoms with E-state index in [0.29, 0.717) is 12.3 Å². The van der Waals surface area contributed by atoms with Crippen molar-refractivity contribution >= 4 is 6.21 Å². The first-order valence-corrected chi connectivity index (χ1v) is 7.93. The predicted molar refractivity (Wildman–Crippen MR) is 82.1 cm³/mol. The van der Waals surface area contributed by atoms with E-state index in [-0.39, 0.29) is 12.1 Å². The Morgan fingerprint density at radius 2 is 2.05 bits per heavy atom. The first-order valence-electron chi connectivity index (χ1n) is 7.93. The van der Waals surface area contributed by atoms with Crippen molar-refractivity contribution in [1.82, 2.24) is 0 Å². The normalized spacial score (nSPS) is 33.9. The van der Waals surface area contributed by atoms with Crippen LogP contribution in [-0.2, 0) is 4.74 Å². The van der Waals surface area contributed by atoms with Crippen molar-refractivity contribution in [1.29, 1.82) is 0 Å². The van der Waals surface area contributed by atoms with Crippen LogP contribution in [0.5, 0.6) is 0 Å². The van der Waals surface area contributed by atoms with E-state index in [2.05, 4.69) is 24.1 Å². The summed E-state index contributed by atoms with van der Waals surface area (Å²) in [5.74, 6) is 0.414. The second-order valence-corrected chi connectivity index (χ2v) is 5.73. The second kappa shape index (κ2) is 8.35. The molecule has 112 valence electrons. The van der Waals surface area contributed by atoms with Gasteiger partial charge in [-0.3, -0.25) is 4.99 Å². The van der Waals surface area contributed by atoms with Crippen LogP contribution in [0.1, 0.15) is 45.4 Å². The van der Waals surface area contributed by atoms with E-state index in [9.17, 15) is 4.39 Å². The Labute approximate surface area is 121 Å². The standard InChI is InChI=1S/C17H26FNO/c1-2-3-12-20-17-10-4-14(5-11-17)13-19-16-8-6-15(18)7-9-16/h4,6,8,10,13-17H,2-3,5,7,9,11-12H2,1H3. The fourth-order valence-electron chi connectivity index (χ4n) is 2.57. The van der Waals surface area contributed by atoms with Crippen LogP contribution in [0.2, 0.25) is 0 Å². The fraction of sp³-hybridized carbons (Fsp3) is 0.706. The summed E-state index contributed by atoms with van der Waals surface area (Å²) in [6.45, 7) is 3.04. The molecule has 0 radical (unpaired) electrons. The zero-order valence-corrected chi connectivity index (χ0v) is 12.4. The number of allylic oxidation sites excluding steroid dienone is 2. The van der Waals surface area contributed by atoms with Gasteiger partial charge in [-0.05, 0) is 32.1 Å². The van der Waals surface area contributed by atoms with E-state index < -0.39 is 6.17 Å². The second-order valence-electron chi connectivity index (χ2n) is 5.73. The van der Waals surface area contributed by atoms with Gasteiger partial charge in [0.2, 0.25) is 0 Å². The van der Waals surface area contributed by atoms with Crippen molar-refractivity contribution in [3.63, 3.8) is 0 Å². The van der Waals surface area contributed by atoms with Crippen LogP contribution in [0.4, 0.5) is 4.39 Å². The van der Waals surface area contributed by atoms with Gasteiger partial charge in [0.05, 0.1) is 12.1 Å². The number of hydrogen-bond donors (Lipinski definition) is 0. The van der Waals surface area contributed by atoms with Crippen molar-refractivity contribution < 1.29 is 9.13 Å². The minimum absolute atomic E-state index is 0.175. The lowest BCUT2D eigenvalue weighted by atomic mass is 9.95. The first-order chi connectivity index (χ1) is 9.78. The molecule has 3 heteroatoms. The topological polar surface area (TPSA) is 21.6 Å². The van der Waals surface area contributed by atoms with Crippen LogP contribution in [0, 0.1) is 5.92 Å². The maximum Gasteiger partial charge on any atom is 0.118 e. The van der Waals surface area contributed by atoms with Gasteiger partial charge in [-0.1, -0.05) is 37.6 Å². The van der Waals surface area contributed by atoms with Crippen LogP contribution < -0.4 is 0 Å². The largest absolute Gasteiger partial charge is 0.374 e. The molecule has 0 spiro atoms. The highest BCUT2D eigenvalue weighted by Crippen LogP contribution is 2.20. The average molecular weight is 279 g/mol. The van der Waals surface area contributed by atoms with Crippen molar-refractivity contribution in [3.8, 4) is 0 Å². The highest BCUT2D eigenvalue weighted by atomic mass is 19.1. The number of rotatable bonds is 6. The van der Waals surface area contributed by atoms with Crippen LogP contribution in [-0.4, -0.2) is 31.1 Å². The summed E-state index contributed by atoms with van der Waals surface area (Å²) < 4.78 is 18.8. The third-order valence-corrected chi connectivity index (χ3v) is 3.94. The molecular formula is C17H26FNO. The monoisotopic (exact) mass is 279 g/mol. The number of alkyl halides is 1. The van der Waals surface area contributed by atoms with Crippen molar-refractivity contribution in [2.75, 3.05) is 6.61 Å². The van der Waals surface area contributed by atoms with Gasteiger partial charge in [-0.15, -0.1) is 0 Å². The van der Waals surface area contributed by atoms with E-state index in [1.807, 2.05) is 12.3 Å². The third kappa shape index (κ3) is 5.20. The Morgan fingerprint density at radius 1 is 1.15 bits per heavy atom. The molecule has 0 aromatic rings. The Balaban J connectivity index is 1.72. The van der Waals surface area contributed by atoms with E-state index in [4.69, 9.17) is 4.74 Å². The molecule has 0 N–H and O–H groups in total. The maximum atomic E-state index is 13.0. The van der Waals surface area contributed by atoms with Gasteiger partial charge < -0.3 is 4.74 Å². The molecule has 0 aliphatic heterocycles. The maximum absolute atomic E-state index is 13.0. The smallest absolute Gasteiger partial charge is 0.118 e. The Kier molecular flexibility index (Phi) is 6.44. The molecule has 20 heavy (non-hydrogen) atoms. The molecular weight excluding hydrogens is 253 g/mol. The highest BCUT2D eigenvalue weighted by Gasteiger charge is 2.16. The van der Waals surface area contributed by atoms with E-state index in [1.54, 1.807) is 6.08 Å². The number of ether oxygens (including phenoxy) is 1. The highest BCUT2D eigenvalue weighted by molar-refractivity contribution is 5.64. The first kappa shape index (κ1) is 15.4. The summed E-state index contributed by atoms with van der Waals surface area (Å²) in [5.41, 5.74) is 0. The molecule has 0 fully saturated rings. The molecule has 0 saturated carbocycles. The van der Waals surface area contributed by atoms with Crippen LogP contribution in [0.25, 0.3) is 0 Å². The van der Waals surface area contributed by atoms with Gasteiger partial charge in [0.25, 0.3) is 0 Å². The SMILES string of the molecule is CCCCOC1C=CC(C=NC2C=CC(F)CC2)CC1. The molecule has 0 amide bonds. The molecule has 4 unspecified atom stereocenters. The number of unbranched alkanes of at least 4 members (excludes halogenated alkanes) is 1. The Bertz CT molecular complexity index is 364. The van der Waals surface area contributed by atoms with Crippen molar-refractivity contribution in [2.24, 2.45) is 10.9 Å². The van der Waals surface area contributed by atoms with E-state index in [1.165, 1.54) is 6.42 Å². The summed E-state index contributed by atoms with van der Waals surface area (Å²) in [6.07, 6.45) is 15.4. The summed E-state index contributed by atoms with van der Waals surface area (Å²) in [7, 11) is 0. The quantitative estimate of drug-likeness (QED) is 0.404. The molecule has 2 nitrogen and oxygen atoms in total. The lowest BCUT2D eigenvalue weighted by Gasteiger charge is -2.21. The third-order valence-electron chi connectivity index (χ3n) is 3.94. The minimum atomic E-state index is -0.767. The number of halogens is 1. The molecule has 0 saturated heterocycles. The van der Waals surface area contributed by atoms with E-state index in [0.717, 1.165) is 32.3 Å². The molecule has 4 atom stereocenters. The summed E-state index contributed by atoms with van der Waals surface area (Å²) in [5, 5.41) is 0. The van der Waals surface area contributed by atoms with Gasteiger partial charge in [-0.25, -0.2) is 4.39 Å². The molecule has 0 bridgehead atoms. The minimum Gasteiger partial charge on any atom is -0.374 e. The number of nitrogens with zero attached hydrogens (tertiary/aromatic N) is 1. The van der Waals surface area contributed by atoms with Gasteiger partial charge in [0.1, 0.15) is 6.17 Å². The van der Waals surface area contributed by atoms with Crippen LogP contribution in [0.3, 0.4) is 0 Å². The van der Waals surface area contributed by atoms with Gasteiger partial charge >= 0.3 is 0 Å². The zero-order chi connectivity index (χ0) is 14.2. The Morgan fingerprint density at radius 3 is 2.70 bits per heavy atom. The lowest BCUT2D eigenvalue weighted by Crippen LogP contribution is -2.18. The average Bonchev–Trinajstić information content (AvgIpc) is 2.48. The van der Waals surface area contributed by atoms with Gasteiger partial charge in [-0.2, -0.15) is 0 Å². The fourth-order valence-corrected chi connectivity index (χ4v) is 2.57. The zero-order valence-electron chi connectivity index (χ0n) is 12.4.